The van der Waals surface area contributed by atoms with Crippen LogP contribution in [0.1, 0.15) is 24.8 Å². The predicted octanol–water partition coefficient (Wildman–Crippen LogP) is 3.96. The zero-order valence-electron chi connectivity index (χ0n) is 17.2. The number of carbonyl (C=O) groups is 2. The van der Waals surface area contributed by atoms with Crippen LogP contribution in [0.15, 0.2) is 48.5 Å². The van der Waals surface area contributed by atoms with Crippen molar-refractivity contribution in [2.24, 2.45) is 5.92 Å². The van der Waals surface area contributed by atoms with Crippen molar-refractivity contribution in [1.82, 2.24) is 10.2 Å². The molecule has 2 N–H and O–H groups in total. The van der Waals surface area contributed by atoms with E-state index in [4.69, 9.17) is 4.74 Å². The zero-order chi connectivity index (χ0) is 21.3. The van der Waals surface area contributed by atoms with E-state index in [1.54, 1.807) is 24.0 Å². The second-order valence-corrected chi connectivity index (χ2v) is 7.56. The summed E-state index contributed by atoms with van der Waals surface area (Å²) in [5, 5.41) is 5.64. The van der Waals surface area contributed by atoms with Gasteiger partial charge in [-0.05, 0) is 61.9 Å². The van der Waals surface area contributed by atoms with Crippen LogP contribution in [0.3, 0.4) is 0 Å². The van der Waals surface area contributed by atoms with E-state index in [0.717, 1.165) is 19.3 Å². The molecular formula is C23H28FN3O3. The molecule has 0 aromatic heterocycles. The maximum Gasteiger partial charge on any atom is 0.321 e. The molecule has 1 aliphatic rings. The number of likely N-dealkylation sites (tertiary alicyclic amines) is 1. The highest BCUT2D eigenvalue weighted by atomic mass is 19.1. The lowest BCUT2D eigenvalue weighted by Gasteiger charge is -2.32. The minimum atomic E-state index is -0.331. The van der Waals surface area contributed by atoms with Crippen molar-refractivity contribution >= 4 is 17.6 Å². The van der Waals surface area contributed by atoms with Gasteiger partial charge in [-0.25, -0.2) is 9.18 Å². The van der Waals surface area contributed by atoms with Gasteiger partial charge in [-0.15, -0.1) is 0 Å². The Labute approximate surface area is 176 Å². The molecule has 7 heteroatoms. The van der Waals surface area contributed by atoms with E-state index in [9.17, 15) is 14.0 Å². The van der Waals surface area contributed by atoms with E-state index >= 15 is 0 Å². The Bertz CT molecular complexity index is 852. The number of piperidine rings is 1. The Morgan fingerprint density at radius 1 is 1.13 bits per heavy atom. The fraction of sp³-hybridized carbons (Fsp3) is 0.391. The summed E-state index contributed by atoms with van der Waals surface area (Å²) in [6.07, 6.45) is 2.63. The van der Waals surface area contributed by atoms with Gasteiger partial charge in [0, 0.05) is 25.3 Å². The first-order chi connectivity index (χ1) is 14.5. The SMILES string of the molecule is Cc1ccc(NC(=O)N2CCC(CCNC(=O)COc3ccccc3)CC2)cc1F. The van der Waals surface area contributed by atoms with Gasteiger partial charge in [0.1, 0.15) is 11.6 Å². The predicted molar refractivity (Wildman–Crippen MR) is 114 cm³/mol. The van der Waals surface area contributed by atoms with Crippen LogP contribution in [0.4, 0.5) is 14.9 Å². The van der Waals surface area contributed by atoms with Crippen LogP contribution in [-0.4, -0.2) is 43.1 Å². The molecular weight excluding hydrogens is 385 g/mol. The molecule has 0 unspecified atom stereocenters. The summed E-state index contributed by atoms with van der Waals surface area (Å²) in [5.74, 6) is 0.664. The van der Waals surface area contributed by atoms with Crippen LogP contribution in [-0.2, 0) is 4.79 Å². The summed E-state index contributed by atoms with van der Waals surface area (Å²) in [6.45, 7) is 3.58. The molecule has 1 saturated heterocycles. The smallest absolute Gasteiger partial charge is 0.321 e. The van der Waals surface area contributed by atoms with Gasteiger partial charge >= 0.3 is 6.03 Å². The van der Waals surface area contributed by atoms with Gasteiger partial charge in [0.05, 0.1) is 0 Å². The second-order valence-electron chi connectivity index (χ2n) is 7.56. The normalized spacial score (nSPS) is 14.3. The van der Waals surface area contributed by atoms with Gasteiger partial charge in [-0.2, -0.15) is 0 Å². The van der Waals surface area contributed by atoms with Crippen molar-refractivity contribution in [2.75, 3.05) is 31.6 Å². The number of para-hydroxylation sites is 1. The van der Waals surface area contributed by atoms with Crippen molar-refractivity contribution < 1.29 is 18.7 Å². The molecule has 160 valence electrons. The molecule has 0 spiro atoms. The summed E-state index contributed by atoms with van der Waals surface area (Å²) in [7, 11) is 0. The van der Waals surface area contributed by atoms with E-state index in [-0.39, 0.29) is 24.4 Å². The number of ether oxygens (including phenoxy) is 1. The van der Waals surface area contributed by atoms with Gasteiger partial charge in [0.2, 0.25) is 0 Å². The number of urea groups is 1. The number of rotatable bonds is 7. The van der Waals surface area contributed by atoms with Gasteiger partial charge in [-0.3, -0.25) is 4.79 Å². The number of amides is 3. The van der Waals surface area contributed by atoms with Crippen LogP contribution in [0.25, 0.3) is 0 Å². The number of halogens is 1. The Morgan fingerprint density at radius 2 is 1.87 bits per heavy atom. The highest BCUT2D eigenvalue weighted by Gasteiger charge is 2.23. The van der Waals surface area contributed by atoms with Crippen molar-refractivity contribution in [2.45, 2.75) is 26.2 Å². The topological polar surface area (TPSA) is 70.7 Å². The number of carbonyl (C=O) groups excluding carboxylic acids is 2. The summed E-state index contributed by atoms with van der Waals surface area (Å²) >= 11 is 0. The minimum absolute atomic E-state index is 0.00222. The third-order valence-corrected chi connectivity index (χ3v) is 5.31. The van der Waals surface area contributed by atoms with E-state index in [1.165, 1.54) is 6.07 Å². The molecule has 0 atom stereocenters. The lowest BCUT2D eigenvalue weighted by Crippen LogP contribution is -2.41. The van der Waals surface area contributed by atoms with Crippen LogP contribution < -0.4 is 15.4 Å². The number of anilines is 1. The molecule has 1 aliphatic heterocycles. The standard InChI is InChI=1S/C23H28FN3O3/c1-17-7-8-19(15-21(17)24)26-23(29)27-13-10-18(11-14-27)9-12-25-22(28)16-30-20-5-3-2-4-6-20/h2-8,15,18H,9-14,16H2,1H3,(H,25,28)(H,26,29). The van der Waals surface area contributed by atoms with Crippen LogP contribution in [0.5, 0.6) is 5.75 Å². The van der Waals surface area contributed by atoms with E-state index in [1.807, 2.05) is 30.3 Å². The average molecular weight is 413 g/mol. The molecule has 30 heavy (non-hydrogen) atoms. The summed E-state index contributed by atoms with van der Waals surface area (Å²) in [4.78, 5) is 26.0. The van der Waals surface area contributed by atoms with Crippen LogP contribution in [0.2, 0.25) is 0 Å². The summed E-state index contributed by atoms with van der Waals surface area (Å²) < 4.78 is 19.1. The van der Waals surface area contributed by atoms with E-state index in [2.05, 4.69) is 10.6 Å². The Kier molecular flexibility index (Phi) is 7.65. The molecule has 3 rings (SSSR count). The number of hydrogen-bond acceptors (Lipinski definition) is 3. The fourth-order valence-corrected chi connectivity index (χ4v) is 3.43. The number of benzene rings is 2. The molecule has 1 heterocycles. The van der Waals surface area contributed by atoms with Crippen molar-refractivity contribution in [3.05, 3.63) is 59.9 Å². The first-order valence-corrected chi connectivity index (χ1v) is 10.3. The molecule has 2 aromatic rings. The van der Waals surface area contributed by atoms with Crippen molar-refractivity contribution in [1.29, 1.82) is 0 Å². The second kappa shape index (κ2) is 10.6. The van der Waals surface area contributed by atoms with Crippen LogP contribution >= 0.6 is 0 Å². The van der Waals surface area contributed by atoms with E-state index < -0.39 is 0 Å². The van der Waals surface area contributed by atoms with Gasteiger partial charge < -0.3 is 20.3 Å². The third kappa shape index (κ3) is 6.47. The van der Waals surface area contributed by atoms with E-state index in [0.29, 0.717) is 42.6 Å². The molecule has 0 saturated carbocycles. The summed E-state index contributed by atoms with van der Waals surface area (Å²) in [5.41, 5.74) is 1.01. The third-order valence-electron chi connectivity index (χ3n) is 5.31. The molecule has 2 aromatic carbocycles. The molecule has 1 fully saturated rings. The largest absolute Gasteiger partial charge is 0.484 e. The lowest BCUT2D eigenvalue weighted by molar-refractivity contribution is -0.123. The molecule has 0 aliphatic carbocycles. The summed E-state index contributed by atoms with van der Waals surface area (Å²) in [6, 6.07) is 13.7. The first kappa shape index (κ1) is 21.6. The Balaban J connectivity index is 1.31. The molecule has 0 radical (unpaired) electrons. The highest BCUT2D eigenvalue weighted by Crippen LogP contribution is 2.21. The maximum absolute atomic E-state index is 13.6. The minimum Gasteiger partial charge on any atom is -0.484 e. The Morgan fingerprint density at radius 3 is 2.57 bits per heavy atom. The number of nitrogens with one attached hydrogen (secondary N) is 2. The van der Waals surface area contributed by atoms with Crippen molar-refractivity contribution in [3.63, 3.8) is 0 Å². The zero-order valence-corrected chi connectivity index (χ0v) is 17.2. The molecule has 3 amide bonds. The average Bonchev–Trinajstić information content (AvgIpc) is 2.76. The van der Waals surface area contributed by atoms with Gasteiger partial charge in [0.15, 0.2) is 6.61 Å². The van der Waals surface area contributed by atoms with Gasteiger partial charge in [-0.1, -0.05) is 24.3 Å². The van der Waals surface area contributed by atoms with Crippen molar-refractivity contribution in [3.8, 4) is 5.75 Å². The molecule has 0 bridgehead atoms. The monoisotopic (exact) mass is 413 g/mol. The lowest BCUT2D eigenvalue weighted by atomic mass is 9.94. The van der Waals surface area contributed by atoms with Crippen LogP contribution in [0, 0.1) is 18.7 Å². The maximum atomic E-state index is 13.6. The highest BCUT2D eigenvalue weighted by molar-refractivity contribution is 5.89. The number of nitrogens with zero attached hydrogens (tertiary/aromatic N) is 1. The fourth-order valence-electron chi connectivity index (χ4n) is 3.43. The number of hydrogen-bond donors (Lipinski definition) is 2. The first-order valence-electron chi connectivity index (χ1n) is 10.3. The quantitative estimate of drug-likeness (QED) is 0.722. The molecule has 6 nitrogen and oxygen atoms in total. The Hall–Kier alpha value is -3.09. The van der Waals surface area contributed by atoms with Gasteiger partial charge in [0.25, 0.3) is 5.91 Å². The number of aryl methyl sites for hydroxylation is 1.